The average Bonchev–Trinajstić information content (AvgIpc) is 2.22. The smallest absolute Gasteiger partial charge is 0.345 e. The largest absolute Gasteiger partial charge is 0.449 e. The summed E-state index contributed by atoms with van der Waals surface area (Å²) in [7, 11) is 0. The zero-order valence-electron chi connectivity index (χ0n) is 10.1. The molecule has 0 rings (SSSR count). The summed E-state index contributed by atoms with van der Waals surface area (Å²) in [5.74, 6) is -1.79. The molecule has 0 bridgehead atoms. The summed E-state index contributed by atoms with van der Waals surface area (Å²) in [4.78, 5) is 22.0. The van der Waals surface area contributed by atoms with Crippen molar-refractivity contribution in [2.45, 2.75) is 25.0 Å². The molecule has 0 aromatic carbocycles. The molecule has 0 aliphatic heterocycles. The van der Waals surface area contributed by atoms with E-state index in [1.54, 1.807) is 10.6 Å². The van der Waals surface area contributed by atoms with Gasteiger partial charge in [0.25, 0.3) is 0 Å². The maximum Gasteiger partial charge on any atom is 0.345 e. The van der Waals surface area contributed by atoms with Crippen LogP contribution in [0.4, 0.5) is 0 Å². The lowest BCUT2D eigenvalue weighted by Crippen LogP contribution is -2.46. The van der Waals surface area contributed by atoms with Crippen LogP contribution >= 0.6 is 0 Å². The minimum absolute atomic E-state index is 0.404. The van der Waals surface area contributed by atoms with Gasteiger partial charge in [0, 0.05) is 0 Å². The summed E-state index contributed by atoms with van der Waals surface area (Å²) >= 11 is 0. The normalized spacial score (nSPS) is 12.1. The molecule has 0 amide bonds. The monoisotopic (exact) mass is 300 g/mol. The second-order valence-electron chi connectivity index (χ2n) is 3.45. The van der Waals surface area contributed by atoms with Gasteiger partial charge in [0.2, 0.25) is 0 Å². The maximum atomic E-state index is 11.0. The van der Waals surface area contributed by atoms with Crippen LogP contribution in [0.15, 0.2) is 0 Å². The van der Waals surface area contributed by atoms with Gasteiger partial charge in [-0.2, -0.15) is 0 Å². The molecular weight excluding hydrogens is 284 g/mol. The molecule has 118 valence electrons. The summed E-state index contributed by atoms with van der Waals surface area (Å²) in [5.41, 5.74) is 0. The number of nitrogens with one attached hydrogen (secondary N) is 2. The lowest BCUT2D eigenvalue weighted by atomic mass is 10.3. The Hall–Kier alpha value is -1.38. The van der Waals surface area contributed by atoms with Crippen molar-refractivity contribution in [3.05, 3.63) is 0 Å². The zero-order valence-corrected chi connectivity index (χ0v) is 10.1. The predicted octanol–water partition coefficient (Wildman–Crippen LogP) is -4.88. The standard InChI is InChI=1S/C8H16N2O10/c11-5(19-3-9-7(13,14)15)1-2-6(12)20-4-10-8(16,17)18/h9-10,13-18H,1-4H2. The molecule has 8 N–H and O–H groups in total. The van der Waals surface area contributed by atoms with Crippen molar-refractivity contribution in [1.82, 2.24) is 10.6 Å². The molecular formula is C8H16N2O10. The van der Waals surface area contributed by atoms with E-state index < -0.39 is 50.4 Å². The van der Waals surface area contributed by atoms with Crippen molar-refractivity contribution in [3.8, 4) is 0 Å². The van der Waals surface area contributed by atoms with Crippen LogP contribution in [0.2, 0.25) is 0 Å². The number of hydrogen-bond donors (Lipinski definition) is 8. The van der Waals surface area contributed by atoms with Gasteiger partial charge in [-0.3, -0.25) is 9.59 Å². The average molecular weight is 300 g/mol. The number of ether oxygens (including phenoxy) is 2. The van der Waals surface area contributed by atoms with E-state index in [9.17, 15) is 9.59 Å². The van der Waals surface area contributed by atoms with Gasteiger partial charge >= 0.3 is 24.1 Å². The van der Waals surface area contributed by atoms with Crippen LogP contribution in [0.5, 0.6) is 0 Å². The highest BCUT2D eigenvalue weighted by atomic mass is 16.7. The minimum Gasteiger partial charge on any atom is -0.449 e. The first-order valence-corrected chi connectivity index (χ1v) is 5.15. The van der Waals surface area contributed by atoms with Crippen LogP contribution in [0.3, 0.4) is 0 Å². The first-order chi connectivity index (χ1) is 8.99. The van der Waals surface area contributed by atoms with Gasteiger partial charge in [-0.1, -0.05) is 0 Å². The fourth-order valence-corrected chi connectivity index (χ4v) is 0.775. The molecule has 0 heterocycles. The van der Waals surface area contributed by atoms with Gasteiger partial charge in [-0.15, -0.1) is 0 Å². The van der Waals surface area contributed by atoms with Crippen LogP contribution in [0, 0.1) is 0 Å². The van der Waals surface area contributed by atoms with Crippen molar-refractivity contribution >= 4 is 11.9 Å². The number of aliphatic hydroxyl groups is 6. The molecule has 12 heteroatoms. The second-order valence-corrected chi connectivity index (χ2v) is 3.45. The van der Waals surface area contributed by atoms with Gasteiger partial charge in [0.15, 0.2) is 0 Å². The highest BCUT2D eigenvalue weighted by Crippen LogP contribution is 1.96. The van der Waals surface area contributed by atoms with Gasteiger partial charge in [0.1, 0.15) is 13.5 Å². The van der Waals surface area contributed by atoms with E-state index in [1.807, 2.05) is 0 Å². The Morgan fingerprint density at radius 2 is 1.05 bits per heavy atom. The van der Waals surface area contributed by atoms with Crippen LogP contribution < -0.4 is 10.6 Å². The quantitative estimate of drug-likeness (QED) is 0.149. The van der Waals surface area contributed by atoms with E-state index in [4.69, 9.17) is 30.6 Å². The molecule has 0 aromatic rings. The number of carbonyl (C=O) groups excluding carboxylic acids is 2. The lowest BCUT2D eigenvalue weighted by Gasteiger charge is -2.15. The molecule has 0 unspecified atom stereocenters. The molecule has 0 aromatic heterocycles. The van der Waals surface area contributed by atoms with Gasteiger partial charge in [0.05, 0.1) is 12.8 Å². The fraction of sp³-hybridized carbons (Fsp3) is 0.750. The van der Waals surface area contributed by atoms with Crippen LogP contribution in [-0.4, -0.2) is 68.2 Å². The van der Waals surface area contributed by atoms with Crippen LogP contribution in [-0.2, 0) is 19.1 Å². The second kappa shape index (κ2) is 8.03. The van der Waals surface area contributed by atoms with Crippen molar-refractivity contribution in [3.63, 3.8) is 0 Å². The van der Waals surface area contributed by atoms with Gasteiger partial charge < -0.3 is 40.1 Å². The Labute approximate surface area is 112 Å². The van der Waals surface area contributed by atoms with Gasteiger partial charge in [-0.25, -0.2) is 10.6 Å². The van der Waals surface area contributed by atoms with Crippen molar-refractivity contribution < 1.29 is 49.7 Å². The maximum absolute atomic E-state index is 11.0. The SMILES string of the molecule is O=C(CCC(=O)OCNC(O)(O)O)OCNC(O)(O)O. The Morgan fingerprint density at radius 3 is 1.30 bits per heavy atom. The molecule has 20 heavy (non-hydrogen) atoms. The van der Waals surface area contributed by atoms with Crippen molar-refractivity contribution in [2.75, 3.05) is 13.5 Å². The molecule has 0 radical (unpaired) electrons. The first kappa shape index (κ1) is 18.6. The highest BCUT2D eigenvalue weighted by molar-refractivity contribution is 5.77. The van der Waals surface area contributed by atoms with Crippen LogP contribution in [0.1, 0.15) is 12.8 Å². The molecule has 0 aliphatic rings. The Balaban J connectivity index is 3.66. The van der Waals surface area contributed by atoms with E-state index in [2.05, 4.69) is 9.47 Å². The van der Waals surface area contributed by atoms with E-state index in [1.165, 1.54) is 0 Å². The number of rotatable bonds is 9. The Bertz CT molecular complexity index is 288. The number of esters is 2. The van der Waals surface area contributed by atoms with Gasteiger partial charge in [-0.05, 0) is 0 Å². The van der Waals surface area contributed by atoms with E-state index in [0.29, 0.717) is 0 Å². The summed E-state index contributed by atoms with van der Waals surface area (Å²) < 4.78 is 8.71. The summed E-state index contributed by atoms with van der Waals surface area (Å²) in [6, 6.07) is 0. The molecule has 12 nitrogen and oxygen atoms in total. The molecule has 0 saturated heterocycles. The number of hydrogen-bond acceptors (Lipinski definition) is 12. The molecule has 0 atom stereocenters. The third-order valence-corrected chi connectivity index (χ3v) is 1.62. The number of carbonyl (C=O) groups is 2. The molecule has 0 spiro atoms. The highest BCUT2D eigenvalue weighted by Gasteiger charge is 2.19. The first-order valence-electron chi connectivity index (χ1n) is 5.15. The summed E-state index contributed by atoms with van der Waals surface area (Å²) in [6.45, 7) is -1.41. The lowest BCUT2D eigenvalue weighted by molar-refractivity contribution is -0.337. The minimum atomic E-state index is -3.18. The fourth-order valence-electron chi connectivity index (χ4n) is 0.775. The zero-order chi connectivity index (χ0) is 15.8. The third kappa shape index (κ3) is 13.1. The van der Waals surface area contributed by atoms with Crippen molar-refractivity contribution in [2.24, 2.45) is 0 Å². The molecule has 0 saturated carbocycles. The molecule has 0 fully saturated rings. The summed E-state index contributed by atoms with van der Waals surface area (Å²) in [5, 5.41) is 53.5. The third-order valence-electron chi connectivity index (χ3n) is 1.62. The van der Waals surface area contributed by atoms with E-state index >= 15 is 0 Å². The Kier molecular flexibility index (Phi) is 7.48. The van der Waals surface area contributed by atoms with Crippen molar-refractivity contribution in [1.29, 1.82) is 0 Å². The van der Waals surface area contributed by atoms with Crippen LogP contribution in [0.25, 0.3) is 0 Å². The van der Waals surface area contributed by atoms with E-state index in [-0.39, 0.29) is 0 Å². The predicted molar refractivity (Wildman–Crippen MR) is 56.2 cm³/mol. The molecule has 0 aliphatic carbocycles. The van der Waals surface area contributed by atoms with E-state index in [0.717, 1.165) is 0 Å². The summed E-state index contributed by atoms with van der Waals surface area (Å²) in [6.07, 6.45) is -7.18. The topological polar surface area (TPSA) is 198 Å². The Morgan fingerprint density at radius 1 is 0.750 bits per heavy atom.